The molecule has 0 aromatic carbocycles. The summed E-state index contributed by atoms with van der Waals surface area (Å²) in [6, 6.07) is 0. The SMILES string of the molecule is C/C=C/CC1CCCO1. The van der Waals surface area contributed by atoms with E-state index in [1.165, 1.54) is 12.8 Å². The highest BCUT2D eigenvalue weighted by atomic mass is 16.5. The molecule has 1 heteroatoms. The molecule has 0 N–H and O–H groups in total. The van der Waals surface area contributed by atoms with Crippen LogP contribution in [0.3, 0.4) is 0 Å². The highest BCUT2D eigenvalue weighted by Gasteiger charge is 2.12. The van der Waals surface area contributed by atoms with E-state index in [4.69, 9.17) is 4.74 Å². The second-order valence-electron chi connectivity index (χ2n) is 2.44. The van der Waals surface area contributed by atoms with Crippen LogP contribution in [0.4, 0.5) is 0 Å². The van der Waals surface area contributed by atoms with E-state index >= 15 is 0 Å². The summed E-state index contributed by atoms with van der Waals surface area (Å²) >= 11 is 0. The van der Waals surface area contributed by atoms with E-state index in [-0.39, 0.29) is 0 Å². The van der Waals surface area contributed by atoms with Crippen LogP contribution in [-0.2, 0) is 4.74 Å². The lowest BCUT2D eigenvalue weighted by Gasteiger charge is -2.02. The quantitative estimate of drug-likeness (QED) is 0.515. The first-order valence-electron chi connectivity index (χ1n) is 3.66. The van der Waals surface area contributed by atoms with Crippen molar-refractivity contribution < 1.29 is 4.74 Å². The van der Waals surface area contributed by atoms with Crippen molar-refractivity contribution in [1.29, 1.82) is 0 Å². The highest BCUT2D eigenvalue weighted by molar-refractivity contribution is 4.82. The fraction of sp³-hybridized carbons (Fsp3) is 0.750. The Labute approximate surface area is 56.7 Å². The third-order valence-electron chi connectivity index (χ3n) is 1.66. The fourth-order valence-electron chi connectivity index (χ4n) is 1.12. The minimum Gasteiger partial charge on any atom is -0.378 e. The molecule has 0 aromatic heterocycles. The minimum absolute atomic E-state index is 0.529. The third-order valence-corrected chi connectivity index (χ3v) is 1.66. The average Bonchev–Trinajstić information content (AvgIpc) is 2.34. The van der Waals surface area contributed by atoms with Gasteiger partial charge in [-0.25, -0.2) is 0 Å². The Morgan fingerprint density at radius 1 is 1.67 bits per heavy atom. The van der Waals surface area contributed by atoms with E-state index in [1.54, 1.807) is 0 Å². The fourth-order valence-corrected chi connectivity index (χ4v) is 1.12. The van der Waals surface area contributed by atoms with Crippen molar-refractivity contribution in [3.63, 3.8) is 0 Å². The van der Waals surface area contributed by atoms with Gasteiger partial charge in [0.1, 0.15) is 0 Å². The first-order valence-corrected chi connectivity index (χ1v) is 3.66. The smallest absolute Gasteiger partial charge is 0.0610 e. The predicted molar refractivity (Wildman–Crippen MR) is 38.4 cm³/mol. The van der Waals surface area contributed by atoms with Gasteiger partial charge in [-0.3, -0.25) is 0 Å². The number of rotatable bonds is 2. The Hall–Kier alpha value is -0.300. The first-order chi connectivity index (χ1) is 4.43. The van der Waals surface area contributed by atoms with E-state index in [0.717, 1.165) is 13.0 Å². The molecule has 0 saturated carbocycles. The molecule has 1 nitrogen and oxygen atoms in total. The molecule has 0 aliphatic carbocycles. The summed E-state index contributed by atoms with van der Waals surface area (Å²) in [7, 11) is 0. The van der Waals surface area contributed by atoms with Crippen LogP contribution in [0.1, 0.15) is 26.2 Å². The first kappa shape index (κ1) is 6.81. The Balaban J connectivity index is 2.11. The number of ether oxygens (including phenoxy) is 1. The zero-order chi connectivity index (χ0) is 6.53. The topological polar surface area (TPSA) is 9.23 Å². The van der Waals surface area contributed by atoms with Crippen molar-refractivity contribution in [3.05, 3.63) is 12.2 Å². The second-order valence-corrected chi connectivity index (χ2v) is 2.44. The predicted octanol–water partition coefficient (Wildman–Crippen LogP) is 2.13. The summed E-state index contributed by atoms with van der Waals surface area (Å²) in [6.07, 6.45) is 8.40. The van der Waals surface area contributed by atoms with Crippen LogP contribution in [0, 0.1) is 0 Å². The van der Waals surface area contributed by atoms with Crippen LogP contribution in [-0.4, -0.2) is 12.7 Å². The zero-order valence-corrected chi connectivity index (χ0v) is 5.97. The maximum atomic E-state index is 5.40. The Morgan fingerprint density at radius 3 is 3.11 bits per heavy atom. The minimum atomic E-state index is 0.529. The van der Waals surface area contributed by atoms with Crippen LogP contribution in [0.2, 0.25) is 0 Å². The van der Waals surface area contributed by atoms with E-state index in [1.807, 2.05) is 0 Å². The molecule has 0 aromatic rings. The van der Waals surface area contributed by atoms with Gasteiger partial charge in [-0.15, -0.1) is 0 Å². The second kappa shape index (κ2) is 3.67. The maximum absolute atomic E-state index is 5.40. The van der Waals surface area contributed by atoms with Crippen molar-refractivity contribution in [2.24, 2.45) is 0 Å². The Morgan fingerprint density at radius 2 is 2.56 bits per heavy atom. The molecule has 0 bridgehead atoms. The summed E-state index contributed by atoms with van der Waals surface area (Å²) in [5.41, 5.74) is 0. The van der Waals surface area contributed by atoms with Crippen molar-refractivity contribution in [1.82, 2.24) is 0 Å². The van der Waals surface area contributed by atoms with Crippen LogP contribution >= 0.6 is 0 Å². The van der Waals surface area contributed by atoms with Gasteiger partial charge in [-0.2, -0.15) is 0 Å². The van der Waals surface area contributed by atoms with Gasteiger partial charge in [0.2, 0.25) is 0 Å². The van der Waals surface area contributed by atoms with Crippen LogP contribution in [0.25, 0.3) is 0 Å². The van der Waals surface area contributed by atoms with Gasteiger partial charge in [-0.1, -0.05) is 12.2 Å². The summed E-state index contributed by atoms with van der Waals surface area (Å²) in [4.78, 5) is 0. The van der Waals surface area contributed by atoms with Crippen molar-refractivity contribution in [2.45, 2.75) is 32.3 Å². The lowest BCUT2D eigenvalue weighted by Crippen LogP contribution is -2.01. The van der Waals surface area contributed by atoms with Gasteiger partial charge in [-0.05, 0) is 26.2 Å². The van der Waals surface area contributed by atoms with Crippen molar-refractivity contribution in [2.75, 3.05) is 6.61 Å². The summed E-state index contributed by atoms with van der Waals surface area (Å²) in [5.74, 6) is 0. The van der Waals surface area contributed by atoms with E-state index in [0.29, 0.717) is 6.10 Å². The molecule has 1 heterocycles. The molecule has 1 aliphatic heterocycles. The molecule has 1 rings (SSSR count). The molecular weight excluding hydrogens is 112 g/mol. The monoisotopic (exact) mass is 126 g/mol. The molecule has 52 valence electrons. The largest absolute Gasteiger partial charge is 0.378 e. The van der Waals surface area contributed by atoms with Gasteiger partial charge >= 0.3 is 0 Å². The van der Waals surface area contributed by atoms with Gasteiger partial charge in [0.15, 0.2) is 0 Å². The molecule has 0 spiro atoms. The molecular formula is C8H14O. The average molecular weight is 126 g/mol. The van der Waals surface area contributed by atoms with Gasteiger partial charge in [0.05, 0.1) is 6.10 Å². The standard InChI is InChI=1S/C8H14O/c1-2-3-5-8-6-4-7-9-8/h2-3,8H,4-7H2,1H3/b3-2+. The molecule has 9 heavy (non-hydrogen) atoms. The lowest BCUT2D eigenvalue weighted by atomic mass is 10.2. The molecule has 1 fully saturated rings. The lowest BCUT2D eigenvalue weighted by molar-refractivity contribution is 0.113. The molecule has 0 radical (unpaired) electrons. The van der Waals surface area contributed by atoms with Crippen LogP contribution < -0.4 is 0 Å². The summed E-state index contributed by atoms with van der Waals surface area (Å²) in [5, 5.41) is 0. The number of hydrogen-bond acceptors (Lipinski definition) is 1. The van der Waals surface area contributed by atoms with Crippen LogP contribution in [0.15, 0.2) is 12.2 Å². The summed E-state index contributed by atoms with van der Waals surface area (Å²) < 4.78 is 5.40. The Bertz CT molecular complexity index is 90.7. The molecule has 1 atom stereocenters. The number of hydrogen-bond donors (Lipinski definition) is 0. The molecule has 1 aliphatic rings. The van der Waals surface area contributed by atoms with Gasteiger partial charge in [0, 0.05) is 6.61 Å². The van der Waals surface area contributed by atoms with Crippen molar-refractivity contribution >= 4 is 0 Å². The van der Waals surface area contributed by atoms with Gasteiger partial charge < -0.3 is 4.74 Å². The van der Waals surface area contributed by atoms with Crippen LogP contribution in [0.5, 0.6) is 0 Å². The van der Waals surface area contributed by atoms with E-state index in [2.05, 4.69) is 19.1 Å². The third kappa shape index (κ3) is 2.19. The maximum Gasteiger partial charge on any atom is 0.0610 e. The molecule has 1 saturated heterocycles. The Kier molecular flexibility index (Phi) is 2.78. The van der Waals surface area contributed by atoms with E-state index < -0.39 is 0 Å². The van der Waals surface area contributed by atoms with Crippen molar-refractivity contribution in [3.8, 4) is 0 Å². The molecule has 1 unspecified atom stereocenters. The molecule has 0 amide bonds. The normalized spacial score (nSPS) is 27.9. The zero-order valence-electron chi connectivity index (χ0n) is 5.97. The highest BCUT2D eigenvalue weighted by Crippen LogP contribution is 2.15. The van der Waals surface area contributed by atoms with E-state index in [9.17, 15) is 0 Å². The van der Waals surface area contributed by atoms with Gasteiger partial charge in [0.25, 0.3) is 0 Å². The number of allylic oxidation sites excluding steroid dienone is 1. The summed E-state index contributed by atoms with van der Waals surface area (Å²) in [6.45, 7) is 3.02.